The summed E-state index contributed by atoms with van der Waals surface area (Å²) in [6.45, 7) is 5.30. The fraction of sp³-hybridized carbons (Fsp3) is 0.318. The zero-order valence-corrected chi connectivity index (χ0v) is 15.8. The van der Waals surface area contributed by atoms with Gasteiger partial charge in [-0.1, -0.05) is 25.5 Å². The number of carbonyl (C=O) groups is 1. The number of nitrogens with zero attached hydrogens (tertiary/aromatic N) is 1. The molecule has 2 aromatic heterocycles. The van der Waals surface area contributed by atoms with Crippen molar-refractivity contribution in [2.45, 2.75) is 39.8 Å². The van der Waals surface area contributed by atoms with Crippen LogP contribution in [0.1, 0.15) is 47.4 Å². The second-order valence-corrected chi connectivity index (χ2v) is 6.45. The fourth-order valence-electron chi connectivity index (χ4n) is 2.81. The van der Waals surface area contributed by atoms with Gasteiger partial charge in [0, 0.05) is 0 Å². The van der Waals surface area contributed by atoms with Crippen molar-refractivity contribution < 1.29 is 18.4 Å². The lowest BCUT2D eigenvalue weighted by molar-refractivity contribution is 0.0699. The highest BCUT2D eigenvalue weighted by Crippen LogP contribution is 2.23. The monoisotopic (exact) mass is 367 g/mol. The lowest BCUT2D eigenvalue weighted by atomic mass is 10.1. The summed E-state index contributed by atoms with van der Waals surface area (Å²) >= 11 is 0. The Morgan fingerprint density at radius 1 is 1.04 bits per heavy atom. The minimum Gasteiger partial charge on any atom is -0.493 e. The van der Waals surface area contributed by atoms with Gasteiger partial charge in [0.2, 0.25) is 0 Å². The Morgan fingerprint density at radius 2 is 1.85 bits per heavy atom. The molecule has 0 aliphatic rings. The van der Waals surface area contributed by atoms with Gasteiger partial charge in [-0.15, -0.1) is 0 Å². The van der Waals surface area contributed by atoms with Crippen LogP contribution in [0.2, 0.25) is 0 Å². The number of aryl methyl sites for hydroxylation is 1. The summed E-state index contributed by atoms with van der Waals surface area (Å²) in [5.41, 5.74) is 0.545. The predicted octanol–water partition coefficient (Wildman–Crippen LogP) is 5.20. The maximum absolute atomic E-state index is 13.3. The van der Waals surface area contributed by atoms with Gasteiger partial charge in [0.15, 0.2) is 0 Å². The summed E-state index contributed by atoms with van der Waals surface area (Å²) in [4.78, 5) is 15.0. The number of ether oxygens (including phenoxy) is 1. The van der Waals surface area contributed by atoms with E-state index in [4.69, 9.17) is 13.6 Å². The van der Waals surface area contributed by atoms with E-state index in [-0.39, 0.29) is 5.91 Å². The molecule has 0 fully saturated rings. The number of hydrogen-bond acceptors (Lipinski definition) is 4. The van der Waals surface area contributed by atoms with Crippen LogP contribution in [0.25, 0.3) is 0 Å². The first kappa shape index (κ1) is 18.8. The Hall–Kier alpha value is -2.95. The van der Waals surface area contributed by atoms with Crippen molar-refractivity contribution in [3.05, 3.63) is 77.6 Å². The molecule has 3 aromatic rings. The molecule has 0 aliphatic carbocycles. The SMILES string of the molecule is CCCCOc1ccccc1C(=O)N(Cc1ccco1)Cc1ccc(C)o1. The van der Waals surface area contributed by atoms with E-state index in [0.717, 1.165) is 30.1 Å². The minimum atomic E-state index is -0.118. The van der Waals surface area contributed by atoms with Crippen molar-refractivity contribution in [1.82, 2.24) is 4.90 Å². The maximum Gasteiger partial charge on any atom is 0.258 e. The van der Waals surface area contributed by atoms with Crippen molar-refractivity contribution in [3.63, 3.8) is 0 Å². The topological polar surface area (TPSA) is 55.8 Å². The second-order valence-electron chi connectivity index (χ2n) is 6.45. The van der Waals surface area contributed by atoms with Gasteiger partial charge < -0.3 is 18.5 Å². The number of hydrogen-bond donors (Lipinski definition) is 0. The third-order valence-corrected chi connectivity index (χ3v) is 4.23. The van der Waals surface area contributed by atoms with E-state index in [1.807, 2.05) is 49.4 Å². The van der Waals surface area contributed by atoms with Crippen LogP contribution in [0, 0.1) is 6.92 Å². The highest BCUT2D eigenvalue weighted by Gasteiger charge is 2.22. The molecule has 2 heterocycles. The van der Waals surface area contributed by atoms with E-state index in [0.29, 0.717) is 31.0 Å². The molecular weight excluding hydrogens is 342 g/mol. The molecule has 0 saturated carbocycles. The number of benzene rings is 1. The Bertz CT molecular complexity index is 851. The van der Waals surface area contributed by atoms with E-state index in [9.17, 15) is 4.79 Å². The number of rotatable bonds is 9. The molecular formula is C22H25NO4. The van der Waals surface area contributed by atoms with Gasteiger partial charge in [-0.3, -0.25) is 4.79 Å². The number of carbonyl (C=O) groups excluding carboxylic acids is 1. The summed E-state index contributed by atoms with van der Waals surface area (Å²) in [5, 5.41) is 0. The molecule has 5 heteroatoms. The lowest BCUT2D eigenvalue weighted by Gasteiger charge is -2.22. The predicted molar refractivity (Wildman–Crippen MR) is 103 cm³/mol. The normalized spacial score (nSPS) is 10.7. The molecule has 0 unspecified atom stereocenters. The van der Waals surface area contributed by atoms with Crippen LogP contribution in [0.5, 0.6) is 5.75 Å². The van der Waals surface area contributed by atoms with Gasteiger partial charge in [0.05, 0.1) is 31.5 Å². The van der Waals surface area contributed by atoms with Crippen LogP contribution in [0.15, 0.2) is 63.6 Å². The van der Waals surface area contributed by atoms with Crippen molar-refractivity contribution in [1.29, 1.82) is 0 Å². The maximum atomic E-state index is 13.3. The first-order valence-corrected chi connectivity index (χ1v) is 9.26. The number of unbranched alkanes of at least 4 members (excludes halogenated alkanes) is 1. The third kappa shape index (κ3) is 5.03. The molecule has 5 nitrogen and oxygen atoms in total. The summed E-state index contributed by atoms with van der Waals surface area (Å²) in [6.07, 6.45) is 3.60. The minimum absolute atomic E-state index is 0.118. The van der Waals surface area contributed by atoms with Gasteiger partial charge in [-0.2, -0.15) is 0 Å². The molecule has 1 aromatic carbocycles. The average molecular weight is 367 g/mol. The van der Waals surface area contributed by atoms with Gasteiger partial charge in [-0.25, -0.2) is 0 Å². The molecule has 142 valence electrons. The molecule has 0 radical (unpaired) electrons. The van der Waals surface area contributed by atoms with Crippen LogP contribution in [-0.2, 0) is 13.1 Å². The van der Waals surface area contributed by atoms with Crippen molar-refractivity contribution >= 4 is 5.91 Å². The van der Waals surface area contributed by atoms with Gasteiger partial charge in [-0.05, 0) is 49.7 Å². The molecule has 3 rings (SSSR count). The van der Waals surface area contributed by atoms with Crippen LogP contribution in [0.3, 0.4) is 0 Å². The molecule has 0 atom stereocenters. The van der Waals surface area contributed by atoms with Crippen LogP contribution < -0.4 is 4.74 Å². The van der Waals surface area contributed by atoms with E-state index in [1.54, 1.807) is 17.2 Å². The lowest BCUT2D eigenvalue weighted by Crippen LogP contribution is -2.30. The summed E-state index contributed by atoms with van der Waals surface area (Å²) < 4.78 is 17.0. The first-order valence-electron chi connectivity index (χ1n) is 9.26. The van der Waals surface area contributed by atoms with E-state index < -0.39 is 0 Å². The number of furan rings is 2. The Kier molecular flexibility index (Phi) is 6.36. The molecule has 0 aliphatic heterocycles. The van der Waals surface area contributed by atoms with Crippen molar-refractivity contribution in [2.24, 2.45) is 0 Å². The third-order valence-electron chi connectivity index (χ3n) is 4.23. The standard InChI is InChI=1S/C22H25NO4/c1-3-4-13-26-21-10-6-5-9-20(21)22(24)23(15-18-8-7-14-25-18)16-19-12-11-17(2)27-19/h5-12,14H,3-4,13,15-16H2,1-2H3. The largest absolute Gasteiger partial charge is 0.493 e. The van der Waals surface area contributed by atoms with Crippen molar-refractivity contribution in [2.75, 3.05) is 6.61 Å². The molecule has 0 spiro atoms. The molecule has 0 N–H and O–H groups in total. The van der Waals surface area contributed by atoms with E-state index in [2.05, 4.69) is 6.92 Å². The number of para-hydroxylation sites is 1. The average Bonchev–Trinajstić information content (AvgIpc) is 3.33. The number of amides is 1. The quantitative estimate of drug-likeness (QED) is 0.488. The molecule has 0 saturated heterocycles. The van der Waals surface area contributed by atoms with Crippen LogP contribution in [-0.4, -0.2) is 17.4 Å². The highest BCUT2D eigenvalue weighted by atomic mass is 16.5. The zero-order valence-electron chi connectivity index (χ0n) is 15.8. The van der Waals surface area contributed by atoms with E-state index in [1.165, 1.54) is 0 Å². The summed E-state index contributed by atoms with van der Waals surface area (Å²) in [7, 11) is 0. The van der Waals surface area contributed by atoms with Gasteiger partial charge in [0.1, 0.15) is 23.0 Å². The summed E-state index contributed by atoms with van der Waals surface area (Å²) in [5.74, 6) is 2.76. The Balaban J connectivity index is 1.83. The van der Waals surface area contributed by atoms with Gasteiger partial charge in [0.25, 0.3) is 5.91 Å². The molecule has 27 heavy (non-hydrogen) atoms. The summed E-state index contributed by atoms with van der Waals surface area (Å²) in [6, 6.07) is 14.8. The Morgan fingerprint density at radius 3 is 2.56 bits per heavy atom. The first-order chi connectivity index (χ1) is 13.2. The van der Waals surface area contributed by atoms with Crippen LogP contribution >= 0.6 is 0 Å². The van der Waals surface area contributed by atoms with Gasteiger partial charge >= 0.3 is 0 Å². The molecule has 1 amide bonds. The van der Waals surface area contributed by atoms with Crippen molar-refractivity contribution in [3.8, 4) is 5.75 Å². The second kappa shape index (κ2) is 9.12. The smallest absolute Gasteiger partial charge is 0.258 e. The zero-order chi connectivity index (χ0) is 19.1. The fourth-order valence-corrected chi connectivity index (χ4v) is 2.81. The highest BCUT2D eigenvalue weighted by molar-refractivity contribution is 5.96. The Labute approximate surface area is 159 Å². The van der Waals surface area contributed by atoms with E-state index >= 15 is 0 Å². The van der Waals surface area contributed by atoms with Crippen LogP contribution in [0.4, 0.5) is 0 Å². The molecule has 0 bridgehead atoms.